The number of amides is 2. The molecule has 190 valence electrons. The molecule has 0 aromatic rings. The average Bonchev–Trinajstić information content (AvgIpc) is 2.81. The number of methoxy groups -OCH3 is 1. The number of nitrogens with one attached hydrogen (secondary N) is 7. The molecule has 2 amide bonds. The molecule has 9 nitrogen and oxygen atoms in total. The Hall–Kier alpha value is -0.970. The van der Waals surface area contributed by atoms with Crippen molar-refractivity contribution in [2.45, 2.75) is 95.5 Å². The largest absolute Gasteiger partial charge is 0.380 e. The number of ether oxygens (including phenoxy) is 1. The second kappa shape index (κ2) is 12.1. The molecule has 9 atom stereocenters. The molecule has 0 spiro atoms. The molecule has 4 aliphatic rings. The fourth-order valence-electron chi connectivity index (χ4n) is 6.14. The third-order valence-corrected chi connectivity index (χ3v) is 8.31. The van der Waals surface area contributed by atoms with Crippen LogP contribution < -0.4 is 37.2 Å². The molecule has 0 aromatic carbocycles. The Kier molecular flexibility index (Phi) is 9.24. The molecule has 4 rings (SSSR count). The van der Waals surface area contributed by atoms with E-state index in [0.29, 0.717) is 35.9 Å². The van der Waals surface area contributed by atoms with Crippen molar-refractivity contribution >= 4 is 6.03 Å². The van der Waals surface area contributed by atoms with Crippen molar-refractivity contribution in [3.63, 3.8) is 0 Å². The van der Waals surface area contributed by atoms with Gasteiger partial charge in [0.2, 0.25) is 0 Å². The Morgan fingerprint density at radius 1 is 0.939 bits per heavy atom. The van der Waals surface area contributed by atoms with Crippen LogP contribution in [0, 0.1) is 17.8 Å². The maximum atomic E-state index is 12.6. The first-order valence-electron chi connectivity index (χ1n) is 13.3. The van der Waals surface area contributed by atoms with Crippen LogP contribution in [0.25, 0.3) is 0 Å². The number of hydrogen-bond donors (Lipinski definition) is 7. The molecule has 0 bridgehead atoms. The van der Waals surface area contributed by atoms with Gasteiger partial charge in [0.25, 0.3) is 0 Å². The molecule has 3 heterocycles. The van der Waals surface area contributed by atoms with Gasteiger partial charge >= 0.3 is 6.03 Å². The summed E-state index contributed by atoms with van der Waals surface area (Å²) in [5.74, 6) is 1.84. The summed E-state index contributed by atoms with van der Waals surface area (Å²) >= 11 is 0. The highest BCUT2D eigenvalue weighted by Crippen LogP contribution is 2.26. The zero-order valence-electron chi connectivity index (χ0n) is 20.8. The first-order chi connectivity index (χ1) is 16.0. The minimum atomic E-state index is -0.0358. The van der Waals surface area contributed by atoms with Crippen LogP contribution in [0.5, 0.6) is 0 Å². The van der Waals surface area contributed by atoms with Crippen molar-refractivity contribution in [3.05, 3.63) is 0 Å². The van der Waals surface area contributed by atoms with E-state index in [9.17, 15) is 4.79 Å². The highest BCUT2D eigenvalue weighted by atomic mass is 16.5. The van der Waals surface area contributed by atoms with Crippen LogP contribution >= 0.6 is 0 Å². The molecular weight excluding hydrogens is 418 g/mol. The monoisotopic (exact) mass is 465 g/mol. The zero-order chi connectivity index (χ0) is 23.2. The van der Waals surface area contributed by atoms with Gasteiger partial charge in [0.05, 0.1) is 12.3 Å². The van der Waals surface area contributed by atoms with E-state index in [-0.39, 0.29) is 24.5 Å². The molecule has 0 radical (unpaired) electrons. The molecule has 9 heteroatoms. The molecule has 4 fully saturated rings. The second-order valence-corrected chi connectivity index (χ2v) is 11.0. The number of rotatable bonds is 6. The zero-order valence-corrected chi connectivity index (χ0v) is 20.8. The maximum Gasteiger partial charge on any atom is 0.316 e. The van der Waals surface area contributed by atoms with Crippen molar-refractivity contribution in [2.75, 3.05) is 33.3 Å². The smallest absolute Gasteiger partial charge is 0.316 e. The van der Waals surface area contributed by atoms with Gasteiger partial charge in [0, 0.05) is 31.8 Å². The van der Waals surface area contributed by atoms with E-state index in [2.05, 4.69) is 51.1 Å². The molecule has 3 saturated heterocycles. The first kappa shape index (κ1) is 25.1. The quantitative estimate of drug-likeness (QED) is 0.308. The van der Waals surface area contributed by atoms with Crippen molar-refractivity contribution in [2.24, 2.45) is 17.8 Å². The van der Waals surface area contributed by atoms with Crippen molar-refractivity contribution in [1.82, 2.24) is 37.2 Å². The van der Waals surface area contributed by atoms with Crippen molar-refractivity contribution in [1.29, 1.82) is 0 Å². The standard InChI is InChI=1S/C24H47N7O2/c1-15-6-8-26-22(10-15)31-24(32)28-18-5-4-16(2)21(12-18)30-23-27-9-7-20(29-23)17-11-19(33-3)14-25-13-17/h15-23,25-27,29-30H,4-14H2,1-3H3,(H2,28,31,32). The van der Waals surface area contributed by atoms with E-state index in [0.717, 1.165) is 64.7 Å². The van der Waals surface area contributed by atoms with E-state index >= 15 is 0 Å². The molecule has 3 aliphatic heterocycles. The number of carbonyl (C=O) groups is 1. The number of hydrogen-bond acceptors (Lipinski definition) is 7. The van der Waals surface area contributed by atoms with Gasteiger partial charge in [0.15, 0.2) is 0 Å². The third-order valence-electron chi connectivity index (χ3n) is 8.31. The van der Waals surface area contributed by atoms with Crippen LogP contribution in [-0.2, 0) is 4.74 Å². The molecule has 9 unspecified atom stereocenters. The van der Waals surface area contributed by atoms with E-state index in [1.165, 1.54) is 6.42 Å². The van der Waals surface area contributed by atoms with Gasteiger partial charge in [-0.2, -0.15) is 0 Å². The number of piperidine rings is 2. The van der Waals surface area contributed by atoms with Gasteiger partial charge in [-0.3, -0.25) is 21.3 Å². The minimum Gasteiger partial charge on any atom is -0.380 e. The molecule has 33 heavy (non-hydrogen) atoms. The Bertz CT molecular complexity index is 624. The molecule has 0 aromatic heterocycles. The molecule has 1 aliphatic carbocycles. The van der Waals surface area contributed by atoms with Gasteiger partial charge in [-0.25, -0.2) is 4.79 Å². The topological polar surface area (TPSA) is 111 Å². The second-order valence-electron chi connectivity index (χ2n) is 11.0. The van der Waals surface area contributed by atoms with E-state index < -0.39 is 0 Å². The Morgan fingerprint density at radius 2 is 1.79 bits per heavy atom. The summed E-state index contributed by atoms with van der Waals surface area (Å²) in [6.07, 6.45) is 8.08. The van der Waals surface area contributed by atoms with E-state index in [4.69, 9.17) is 4.74 Å². The van der Waals surface area contributed by atoms with Crippen molar-refractivity contribution < 1.29 is 9.53 Å². The van der Waals surface area contributed by atoms with Crippen LogP contribution in [0.4, 0.5) is 4.79 Å². The first-order valence-corrected chi connectivity index (χ1v) is 13.3. The lowest BCUT2D eigenvalue weighted by Crippen LogP contribution is -2.66. The summed E-state index contributed by atoms with van der Waals surface area (Å²) < 4.78 is 5.61. The van der Waals surface area contributed by atoms with Crippen LogP contribution in [-0.4, -0.2) is 76.0 Å². The molecule has 1 saturated carbocycles. The Balaban J connectivity index is 1.23. The van der Waals surface area contributed by atoms with Gasteiger partial charge < -0.3 is 20.7 Å². The Labute approximate surface area is 199 Å². The third kappa shape index (κ3) is 7.26. The predicted octanol–water partition coefficient (Wildman–Crippen LogP) is 0.638. The average molecular weight is 466 g/mol. The summed E-state index contributed by atoms with van der Waals surface area (Å²) in [5.41, 5.74) is 0. The normalized spacial score (nSPS) is 42.5. The Morgan fingerprint density at radius 3 is 2.61 bits per heavy atom. The minimum absolute atomic E-state index is 0.0358. The van der Waals surface area contributed by atoms with Crippen LogP contribution in [0.2, 0.25) is 0 Å². The van der Waals surface area contributed by atoms with Gasteiger partial charge in [-0.1, -0.05) is 13.8 Å². The summed E-state index contributed by atoms with van der Waals surface area (Å²) in [7, 11) is 1.82. The highest BCUT2D eigenvalue weighted by Gasteiger charge is 2.35. The van der Waals surface area contributed by atoms with Gasteiger partial charge in [0.1, 0.15) is 6.29 Å². The predicted molar refractivity (Wildman–Crippen MR) is 131 cm³/mol. The highest BCUT2D eigenvalue weighted by molar-refractivity contribution is 5.74. The van der Waals surface area contributed by atoms with Crippen LogP contribution in [0.1, 0.15) is 58.8 Å². The number of carbonyl (C=O) groups excluding carboxylic acids is 1. The molecule has 7 N–H and O–H groups in total. The van der Waals surface area contributed by atoms with E-state index in [1.807, 2.05) is 7.11 Å². The van der Waals surface area contributed by atoms with Gasteiger partial charge in [-0.05, 0) is 82.3 Å². The lowest BCUT2D eigenvalue weighted by molar-refractivity contribution is 0.0447. The SMILES string of the molecule is COC1CNCC(C2CCNC(NC3CC(NC(=O)NC4CC(C)CCN4)CCC3C)N2)C1. The lowest BCUT2D eigenvalue weighted by Gasteiger charge is -2.43. The number of urea groups is 1. The fourth-order valence-corrected chi connectivity index (χ4v) is 6.14. The van der Waals surface area contributed by atoms with Crippen molar-refractivity contribution in [3.8, 4) is 0 Å². The summed E-state index contributed by atoms with van der Waals surface area (Å²) in [4.78, 5) is 12.6. The maximum absolute atomic E-state index is 12.6. The van der Waals surface area contributed by atoms with Crippen LogP contribution in [0.15, 0.2) is 0 Å². The lowest BCUT2D eigenvalue weighted by atomic mass is 9.82. The fraction of sp³-hybridized carbons (Fsp3) is 0.958. The van der Waals surface area contributed by atoms with Crippen LogP contribution in [0.3, 0.4) is 0 Å². The summed E-state index contributed by atoms with van der Waals surface area (Å²) in [6.45, 7) is 8.59. The summed E-state index contributed by atoms with van der Waals surface area (Å²) in [5, 5.41) is 24.6. The van der Waals surface area contributed by atoms with E-state index in [1.54, 1.807) is 0 Å². The van der Waals surface area contributed by atoms with Gasteiger partial charge in [-0.15, -0.1) is 0 Å². The molecular formula is C24H47N7O2. The summed E-state index contributed by atoms with van der Waals surface area (Å²) in [6, 6.07) is 1.03.